The largest absolute Gasteiger partial charge is 0.353 e. The number of nitrogens with one attached hydrogen (secondary N) is 1. The van der Waals surface area contributed by atoms with Crippen molar-refractivity contribution in [2.75, 3.05) is 18.4 Å². The first-order valence-corrected chi connectivity index (χ1v) is 10.1. The van der Waals surface area contributed by atoms with Crippen molar-refractivity contribution in [3.05, 3.63) is 53.9 Å². The summed E-state index contributed by atoms with van der Waals surface area (Å²) < 4.78 is 29.0. The molecule has 1 aromatic carbocycles. The van der Waals surface area contributed by atoms with Gasteiger partial charge in [0.1, 0.15) is 18.2 Å². The number of unbranched alkanes of at least 4 members (excludes halogenated alkanes) is 1. The third-order valence-corrected chi connectivity index (χ3v) is 4.90. The molecule has 8 heteroatoms. The number of amides is 3. The van der Waals surface area contributed by atoms with Crippen LogP contribution in [0, 0.1) is 11.6 Å². The summed E-state index contributed by atoms with van der Waals surface area (Å²) in [4.78, 5) is 28.8. The summed E-state index contributed by atoms with van der Waals surface area (Å²) in [7, 11) is 1.92. The molecular formula is C22H30F2N4O2. The molecule has 0 radical (unpaired) electrons. The second-order valence-electron chi connectivity index (χ2n) is 7.56. The van der Waals surface area contributed by atoms with E-state index < -0.39 is 17.7 Å². The molecule has 30 heavy (non-hydrogen) atoms. The molecule has 0 aliphatic heterocycles. The number of carbonyl (C=O) groups is 2. The van der Waals surface area contributed by atoms with Gasteiger partial charge in [0, 0.05) is 37.6 Å². The van der Waals surface area contributed by atoms with Crippen molar-refractivity contribution in [3.8, 4) is 0 Å². The predicted octanol–water partition coefficient (Wildman–Crippen LogP) is 4.37. The van der Waals surface area contributed by atoms with Crippen molar-refractivity contribution in [1.29, 1.82) is 0 Å². The van der Waals surface area contributed by atoms with E-state index in [2.05, 4.69) is 12.2 Å². The van der Waals surface area contributed by atoms with E-state index in [1.165, 1.54) is 4.90 Å². The summed E-state index contributed by atoms with van der Waals surface area (Å²) in [5.41, 5.74) is 0.861. The highest BCUT2D eigenvalue weighted by atomic mass is 19.1. The Morgan fingerprint density at radius 2 is 1.93 bits per heavy atom. The van der Waals surface area contributed by atoms with Crippen LogP contribution in [0.25, 0.3) is 0 Å². The van der Waals surface area contributed by atoms with Gasteiger partial charge in [0.05, 0.1) is 12.2 Å². The fourth-order valence-electron chi connectivity index (χ4n) is 3.01. The maximum Gasteiger partial charge on any atom is 0.322 e. The molecule has 0 saturated heterocycles. The Balaban J connectivity index is 2.12. The van der Waals surface area contributed by atoms with Gasteiger partial charge in [-0.25, -0.2) is 13.6 Å². The molecule has 2 aromatic rings. The Hall–Kier alpha value is -2.90. The van der Waals surface area contributed by atoms with Crippen molar-refractivity contribution < 1.29 is 18.4 Å². The van der Waals surface area contributed by atoms with Gasteiger partial charge in [-0.1, -0.05) is 13.3 Å². The second-order valence-corrected chi connectivity index (χ2v) is 7.56. The topological polar surface area (TPSA) is 57.6 Å². The van der Waals surface area contributed by atoms with E-state index in [1.54, 1.807) is 18.7 Å². The van der Waals surface area contributed by atoms with Gasteiger partial charge in [-0.2, -0.15) is 0 Å². The van der Waals surface area contributed by atoms with Crippen LogP contribution in [0.4, 0.5) is 19.3 Å². The van der Waals surface area contributed by atoms with Crippen molar-refractivity contribution in [2.24, 2.45) is 7.05 Å². The third kappa shape index (κ3) is 6.30. The maximum absolute atomic E-state index is 13.9. The summed E-state index contributed by atoms with van der Waals surface area (Å²) in [6.45, 7) is 6.50. The SMILES string of the molecule is CCCCN(Cc1cccn1C)C(=O)CN(C(=O)Nc1ccc(F)cc1F)C(C)C. The smallest absolute Gasteiger partial charge is 0.322 e. The van der Waals surface area contributed by atoms with E-state index in [0.29, 0.717) is 19.2 Å². The molecule has 0 bridgehead atoms. The van der Waals surface area contributed by atoms with Crippen LogP contribution in [0.2, 0.25) is 0 Å². The van der Waals surface area contributed by atoms with Crippen LogP contribution in [-0.2, 0) is 18.4 Å². The highest BCUT2D eigenvalue weighted by Gasteiger charge is 2.24. The molecule has 0 spiro atoms. The fraction of sp³-hybridized carbons (Fsp3) is 0.455. The van der Waals surface area contributed by atoms with Gasteiger partial charge in [0.2, 0.25) is 5.91 Å². The van der Waals surface area contributed by atoms with Crippen molar-refractivity contribution in [3.63, 3.8) is 0 Å². The molecule has 0 fully saturated rings. The second kappa shape index (κ2) is 10.8. The Labute approximate surface area is 176 Å². The quantitative estimate of drug-likeness (QED) is 0.655. The van der Waals surface area contributed by atoms with Crippen LogP contribution in [0.3, 0.4) is 0 Å². The van der Waals surface area contributed by atoms with E-state index in [-0.39, 0.29) is 24.2 Å². The van der Waals surface area contributed by atoms with Gasteiger partial charge in [-0.3, -0.25) is 4.79 Å². The lowest BCUT2D eigenvalue weighted by Gasteiger charge is -2.30. The summed E-state index contributed by atoms with van der Waals surface area (Å²) in [6.07, 6.45) is 3.71. The Bertz CT molecular complexity index is 867. The van der Waals surface area contributed by atoms with E-state index in [0.717, 1.165) is 30.7 Å². The Kier molecular flexibility index (Phi) is 8.38. The number of carbonyl (C=O) groups excluding carboxylic acids is 2. The van der Waals surface area contributed by atoms with E-state index in [4.69, 9.17) is 0 Å². The van der Waals surface area contributed by atoms with E-state index in [9.17, 15) is 18.4 Å². The standard InChI is InChI=1S/C22H30F2N4O2/c1-5-6-12-27(14-18-8-7-11-26(18)4)21(29)15-28(16(2)3)22(30)25-20-10-9-17(23)13-19(20)24/h7-11,13,16H,5-6,12,14-15H2,1-4H3,(H,25,30). The number of hydrogen-bond donors (Lipinski definition) is 1. The van der Waals surface area contributed by atoms with Crippen LogP contribution in [0.1, 0.15) is 39.3 Å². The Morgan fingerprint density at radius 3 is 2.50 bits per heavy atom. The van der Waals surface area contributed by atoms with Crippen LogP contribution >= 0.6 is 0 Å². The molecule has 0 aliphatic rings. The molecule has 0 atom stereocenters. The number of halogens is 2. The number of aromatic nitrogens is 1. The average Bonchev–Trinajstić information content (AvgIpc) is 3.09. The Morgan fingerprint density at radius 1 is 1.20 bits per heavy atom. The summed E-state index contributed by atoms with van der Waals surface area (Å²) in [6, 6.07) is 5.90. The minimum absolute atomic E-state index is 0.133. The minimum atomic E-state index is -0.869. The molecule has 1 N–H and O–H groups in total. The minimum Gasteiger partial charge on any atom is -0.353 e. The van der Waals surface area contributed by atoms with E-state index >= 15 is 0 Å². The zero-order chi connectivity index (χ0) is 22.3. The highest BCUT2D eigenvalue weighted by molar-refractivity contribution is 5.92. The lowest BCUT2D eigenvalue weighted by Crippen LogP contribution is -2.47. The number of hydrogen-bond acceptors (Lipinski definition) is 2. The van der Waals surface area contributed by atoms with E-state index in [1.807, 2.05) is 29.9 Å². The normalized spacial score (nSPS) is 10.9. The van der Waals surface area contributed by atoms with Crippen LogP contribution in [0.5, 0.6) is 0 Å². The molecule has 6 nitrogen and oxygen atoms in total. The first-order valence-electron chi connectivity index (χ1n) is 10.1. The molecule has 2 rings (SSSR count). The van der Waals surface area contributed by atoms with Gasteiger partial charge < -0.3 is 19.7 Å². The lowest BCUT2D eigenvalue weighted by atomic mass is 10.2. The van der Waals surface area contributed by atoms with Crippen molar-refractivity contribution in [1.82, 2.24) is 14.4 Å². The monoisotopic (exact) mass is 420 g/mol. The molecule has 1 aromatic heterocycles. The van der Waals surface area contributed by atoms with Crippen LogP contribution in [0.15, 0.2) is 36.5 Å². The zero-order valence-corrected chi connectivity index (χ0v) is 18.0. The molecular weight excluding hydrogens is 390 g/mol. The highest BCUT2D eigenvalue weighted by Crippen LogP contribution is 2.16. The predicted molar refractivity (Wildman–Crippen MR) is 113 cm³/mol. The van der Waals surface area contributed by atoms with Gasteiger partial charge >= 0.3 is 6.03 Å². The fourth-order valence-corrected chi connectivity index (χ4v) is 3.01. The van der Waals surface area contributed by atoms with Gasteiger partial charge in [-0.15, -0.1) is 0 Å². The van der Waals surface area contributed by atoms with Crippen LogP contribution in [-0.4, -0.2) is 45.4 Å². The number of urea groups is 1. The van der Waals surface area contributed by atoms with Crippen molar-refractivity contribution in [2.45, 2.75) is 46.2 Å². The molecule has 0 aliphatic carbocycles. The van der Waals surface area contributed by atoms with Gasteiger partial charge in [-0.05, 0) is 44.5 Å². The lowest BCUT2D eigenvalue weighted by molar-refractivity contribution is -0.132. The van der Waals surface area contributed by atoms with Crippen LogP contribution < -0.4 is 5.32 Å². The molecule has 0 saturated carbocycles. The molecule has 164 valence electrons. The zero-order valence-electron chi connectivity index (χ0n) is 18.0. The molecule has 3 amide bonds. The number of anilines is 1. The summed E-state index contributed by atoms with van der Waals surface area (Å²) in [5, 5.41) is 2.43. The molecule has 1 heterocycles. The average molecular weight is 421 g/mol. The summed E-state index contributed by atoms with van der Waals surface area (Å²) >= 11 is 0. The van der Waals surface area contributed by atoms with Gasteiger partial charge in [0.25, 0.3) is 0 Å². The first-order chi connectivity index (χ1) is 14.2. The number of rotatable bonds is 9. The van der Waals surface area contributed by atoms with Crippen molar-refractivity contribution >= 4 is 17.6 Å². The molecule has 0 unspecified atom stereocenters. The number of benzene rings is 1. The maximum atomic E-state index is 13.9. The van der Waals surface area contributed by atoms with Gasteiger partial charge in [0.15, 0.2) is 0 Å². The summed E-state index contributed by atoms with van der Waals surface area (Å²) in [5.74, 6) is -1.78. The first kappa shape index (κ1) is 23.4. The third-order valence-electron chi connectivity index (χ3n) is 4.90. The number of nitrogens with zero attached hydrogens (tertiary/aromatic N) is 3. The number of aryl methyl sites for hydroxylation is 1.